The number of piperazine rings is 1. The molecule has 1 saturated heterocycles. The Morgan fingerprint density at radius 3 is 2.83 bits per heavy atom. The molecule has 4 unspecified atom stereocenters. The van der Waals surface area contributed by atoms with Crippen molar-refractivity contribution in [1.82, 2.24) is 10.2 Å². The van der Waals surface area contributed by atoms with Crippen LogP contribution in [0.1, 0.15) is 58.3 Å². The van der Waals surface area contributed by atoms with Gasteiger partial charge in [0, 0.05) is 32.1 Å². The number of rotatable bonds is 5. The van der Waals surface area contributed by atoms with E-state index in [1.54, 1.807) is 0 Å². The van der Waals surface area contributed by atoms with Crippen LogP contribution in [0.5, 0.6) is 0 Å². The number of hydrogen-bond donors (Lipinski definition) is 1. The van der Waals surface area contributed by atoms with Crippen molar-refractivity contribution in [3.05, 3.63) is 0 Å². The third kappa shape index (κ3) is 4.10. The normalized spacial score (nSPS) is 36.7. The Labute approximate surface area is 145 Å². The Morgan fingerprint density at radius 1 is 1.25 bits per heavy atom. The predicted molar refractivity (Wildman–Crippen MR) is 92.2 cm³/mol. The lowest BCUT2D eigenvalue weighted by atomic mass is 9.98. The van der Waals surface area contributed by atoms with Gasteiger partial charge in [-0.1, -0.05) is 6.42 Å². The van der Waals surface area contributed by atoms with Gasteiger partial charge in [0.2, 0.25) is 5.91 Å². The molecule has 3 aliphatic rings. The van der Waals surface area contributed by atoms with Crippen LogP contribution in [-0.4, -0.2) is 48.7 Å². The van der Waals surface area contributed by atoms with Crippen LogP contribution in [0.25, 0.3) is 0 Å². The van der Waals surface area contributed by atoms with Gasteiger partial charge in [-0.05, 0) is 51.4 Å². The van der Waals surface area contributed by atoms with Gasteiger partial charge < -0.3 is 15.0 Å². The Balaban J connectivity index is 1.47. The van der Waals surface area contributed by atoms with Crippen molar-refractivity contribution in [1.29, 1.82) is 5.26 Å². The van der Waals surface area contributed by atoms with Crippen LogP contribution in [0, 0.1) is 23.2 Å². The van der Waals surface area contributed by atoms with Crippen molar-refractivity contribution < 1.29 is 9.53 Å². The van der Waals surface area contributed by atoms with Crippen LogP contribution in [0.4, 0.5) is 0 Å². The van der Waals surface area contributed by atoms with E-state index in [9.17, 15) is 10.1 Å². The van der Waals surface area contributed by atoms with Crippen LogP contribution in [0.2, 0.25) is 0 Å². The summed E-state index contributed by atoms with van der Waals surface area (Å²) in [5.41, 5.74) is 0. The smallest absolute Gasteiger partial charge is 0.222 e. The summed E-state index contributed by atoms with van der Waals surface area (Å²) in [5.74, 6) is 0.868. The second-order valence-corrected chi connectivity index (χ2v) is 7.75. The van der Waals surface area contributed by atoms with Crippen LogP contribution in [-0.2, 0) is 9.53 Å². The highest BCUT2D eigenvalue weighted by molar-refractivity contribution is 5.76. The Hall–Kier alpha value is -1.12. The highest BCUT2D eigenvalue weighted by Crippen LogP contribution is 2.37. The van der Waals surface area contributed by atoms with E-state index in [1.807, 2.05) is 4.90 Å². The van der Waals surface area contributed by atoms with Crippen LogP contribution < -0.4 is 5.32 Å². The zero-order valence-electron chi connectivity index (χ0n) is 14.9. The average molecular weight is 333 g/mol. The first-order valence-electron chi connectivity index (χ1n) is 9.74. The molecule has 5 heteroatoms. The van der Waals surface area contributed by atoms with Gasteiger partial charge in [-0.15, -0.1) is 0 Å². The van der Waals surface area contributed by atoms with Crippen molar-refractivity contribution in [2.45, 2.75) is 76.5 Å². The Kier molecular flexibility index (Phi) is 6.13. The van der Waals surface area contributed by atoms with Gasteiger partial charge in [-0.2, -0.15) is 5.26 Å². The second-order valence-electron chi connectivity index (χ2n) is 7.75. The molecule has 0 radical (unpaired) electrons. The highest BCUT2D eigenvalue weighted by Gasteiger charge is 2.35. The van der Waals surface area contributed by atoms with E-state index in [1.165, 1.54) is 12.8 Å². The summed E-state index contributed by atoms with van der Waals surface area (Å²) in [5, 5.41) is 12.6. The lowest BCUT2D eigenvalue weighted by molar-refractivity contribution is -0.134. The quantitative estimate of drug-likeness (QED) is 0.839. The summed E-state index contributed by atoms with van der Waals surface area (Å²) < 4.78 is 6.33. The first-order valence-corrected chi connectivity index (χ1v) is 9.74. The van der Waals surface area contributed by atoms with E-state index in [0.29, 0.717) is 24.3 Å². The number of amides is 1. The largest absolute Gasteiger partial charge is 0.373 e. The summed E-state index contributed by atoms with van der Waals surface area (Å²) in [7, 11) is 0. The van der Waals surface area contributed by atoms with Crippen LogP contribution >= 0.6 is 0 Å². The molecule has 2 aliphatic carbocycles. The molecule has 0 aromatic rings. The minimum absolute atomic E-state index is 0.0783. The molecule has 0 aromatic carbocycles. The van der Waals surface area contributed by atoms with Gasteiger partial charge in [-0.25, -0.2) is 0 Å². The molecule has 5 nitrogen and oxygen atoms in total. The van der Waals surface area contributed by atoms with Crippen molar-refractivity contribution in [2.24, 2.45) is 11.8 Å². The van der Waals surface area contributed by atoms with E-state index in [-0.39, 0.29) is 18.1 Å². The predicted octanol–water partition coefficient (Wildman–Crippen LogP) is 2.46. The van der Waals surface area contributed by atoms with Gasteiger partial charge in [0.05, 0.1) is 24.2 Å². The number of ether oxygens (including phenoxy) is 1. The summed E-state index contributed by atoms with van der Waals surface area (Å²) in [6, 6.07) is 2.71. The van der Waals surface area contributed by atoms with E-state index < -0.39 is 0 Å². The molecule has 0 aromatic heterocycles. The molecule has 134 valence electrons. The average Bonchev–Trinajstić information content (AvgIpc) is 3.22. The minimum atomic E-state index is 0.0783. The molecule has 1 N–H and O–H groups in total. The van der Waals surface area contributed by atoms with Gasteiger partial charge in [-0.3, -0.25) is 4.79 Å². The zero-order valence-corrected chi connectivity index (χ0v) is 14.9. The third-order valence-corrected chi connectivity index (χ3v) is 6.11. The van der Waals surface area contributed by atoms with Gasteiger partial charge in [0.1, 0.15) is 0 Å². The van der Waals surface area contributed by atoms with E-state index >= 15 is 0 Å². The van der Waals surface area contributed by atoms with E-state index in [2.05, 4.69) is 18.3 Å². The van der Waals surface area contributed by atoms with E-state index in [4.69, 9.17) is 4.74 Å². The maximum Gasteiger partial charge on any atom is 0.222 e. The number of nitrogens with one attached hydrogen (secondary N) is 1. The lowest BCUT2D eigenvalue weighted by Crippen LogP contribution is -2.52. The maximum absolute atomic E-state index is 12.5. The number of carbonyl (C=O) groups is 1. The zero-order chi connectivity index (χ0) is 16.9. The summed E-state index contributed by atoms with van der Waals surface area (Å²) in [6.07, 6.45) is 8.54. The first-order chi connectivity index (χ1) is 11.7. The molecule has 24 heavy (non-hydrogen) atoms. The van der Waals surface area contributed by atoms with Gasteiger partial charge >= 0.3 is 0 Å². The molecule has 0 spiro atoms. The van der Waals surface area contributed by atoms with Crippen molar-refractivity contribution in [2.75, 3.05) is 19.6 Å². The first kappa shape index (κ1) is 17.7. The fourth-order valence-corrected chi connectivity index (χ4v) is 4.64. The molecule has 1 aliphatic heterocycles. The Bertz CT molecular complexity index is 476. The second kappa shape index (κ2) is 8.31. The molecule has 2 saturated carbocycles. The van der Waals surface area contributed by atoms with Gasteiger partial charge in [0.15, 0.2) is 0 Å². The molecule has 1 amide bonds. The summed E-state index contributed by atoms with van der Waals surface area (Å²) >= 11 is 0. The highest BCUT2D eigenvalue weighted by atomic mass is 16.5. The molecular weight excluding hydrogens is 302 g/mol. The fourth-order valence-electron chi connectivity index (χ4n) is 4.64. The number of nitriles is 1. The molecule has 5 atom stereocenters. The van der Waals surface area contributed by atoms with Gasteiger partial charge in [0.25, 0.3) is 0 Å². The van der Waals surface area contributed by atoms with Crippen molar-refractivity contribution >= 4 is 5.91 Å². The molecule has 0 bridgehead atoms. The molecule has 3 rings (SSSR count). The number of hydrogen-bond acceptors (Lipinski definition) is 4. The Morgan fingerprint density at radius 2 is 2.04 bits per heavy atom. The monoisotopic (exact) mass is 333 g/mol. The van der Waals surface area contributed by atoms with E-state index in [0.717, 1.165) is 51.7 Å². The minimum Gasteiger partial charge on any atom is -0.373 e. The van der Waals surface area contributed by atoms with Crippen molar-refractivity contribution in [3.8, 4) is 6.07 Å². The molecule has 1 heterocycles. The van der Waals surface area contributed by atoms with Crippen LogP contribution in [0.3, 0.4) is 0 Å². The number of carbonyl (C=O) groups excluding carboxylic acids is 1. The lowest BCUT2D eigenvalue weighted by Gasteiger charge is -2.34. The third-order valence-electron chi connectivity index (χ3n) is 6.11. The van der Waals surface area contributed by atoms with Crippen molar-refractivity contribution in [3.63, 3.8) is 0 Å². The number of nitrogens with zero attached hydrogens (tertiary/aromatic N) is 2. The standard InChI is InChI=1S/C19H31N3O2/c1-14-13-21-10-11-22(14)19(23)9-8-15-4-2-6-17(15)24-18-7-3-5-16(18)12-20/h14-18,21H,2-11,13H2,1H3/t14-,15?,16?,17?,18?/m1/s1. The maximum atomic E-state index is 12.5. The molecule has 3 fully saturated rings. The molecular formula is C19H31N3O2. The SMILES string of the molecule is C[C@@H]1CNCCN1C(=O)CCC1CCCC1OC1CCCC1C#N. The summed E-state index contributed by atoms with van der Waals surface area (Å²) in [6.45, 7) is 4.75. The topological polar surface area (TPSA) is 65.4 Å². The fraction of sp³-hybridized carbons (Fsp3) is 0.895. The van der Waals surface area contributed by atoms with Crippen LogP contribution in [0.15, 0.2) is 0 Å². The summed E-state index contributed by atoms with van der Waals surface area (Å²) in [4.78, 5) is 14.6.